The second kappa shape index (κ2) is 5.19. The monoisotopic (exact) mass is 278 g/mol. The van der Waals surface area contributed by atoms with Gasteiger partial charge in [-0.2, -0.15) is 0 Å². The SMILES string of the molecule is Cc1cnc(N(C)c2ccc([N+](=O)[O-])cc2)nc1Cl. The summed E-state index contributed by atoms with van der Waals surface area (Å²) in [7, 11) is 1.77. The number of rotatable bonds is 3. The van der Waals surface area contributed by atoms with Gasteiger partial charge in [-0.3, -0.25) is 10.1 Å². The molecule has 0 saturated carbocycles. The molecule has 2 rings (SSSR count). The van der Waals surface area contributed by atoms with Crippen molar-refractivity contribution in [2.75, 3.05) is 11.9 Å². The molecule has 0 atom stereocenters. The maximum atomic E-state index is 10.6. The first-order valence-electron chi connectivity index (χ1n) is 5.46. The van der Waals surface area contributed by atoms with Crippen LogP contribution in [0, 0.1) is 17.0 Å². The maximum absolute atomic E-state index is 10.6. The van der Waals surface area contributed by atoms with Crippen LogP contribution in [0.25, 0.3) is 0 Å². The van der Waals surface area contributed by atoms with Crippen LogP contribution >= 0.6 is 11.6 Å². The van der Waals surface area contributed by atoms with E-state index in [9.17, 15) is 10.1 Å². The lowest BCUT2D eigenvalue weighted by atomic mass is 10.2. The quantitative estimate of drug-likeness (QED) is 0.490. The molecule has 0 aliphatic carbocycles. The van der Waals surface area contributed by atoms with E-state index in [1.54, 1.807) is 30.3 Å². The van der Waals surface area contributed by atoms with Gasteiger partial charge in [0.1, 0.15) is 5.15 Å². The van der Waals surface area contributed by atoms with Crippen molar-refractivity contribution in [1.82, 2.24) is 9.97 Å². The number of hydrogen-bond acceptors (Lipinski definition) is 5. The summed E-state index contributed by atoms with van der Waals surface area (Å²) in [4.78, 5) is 20.2. The zero-order valence-corrected chi connectivity index (χ0v) is 11.1. The molecule has 0 spiro atoms. The van der Waals surface area contributed by atoms with Gasteiger partial charge in [-0.15, -0.1) is 0 Å². The number of halogens is 1. The highest BCUT2D eigenvalue weighted by molar-refractivity contribution is 6.30. The average Bonchev–Trinajstić information content (AvgIpc) is 2.41. The van der Waals surface area contributed by atoms with E-state index in [0.717, 1.165) is 11.3 Å². The van der Waals surface area contributed by atoms with Gasteiger partial charge in [0.05, 0.1) is 4.92 Å². The van der Waals surface area contributed by atoms with Gasteiger partial charge in [-0.05, 0) is 19.1 Å². The Bertz CT molecular complexity index is 616. The zero-order valence-electron chi connectivity index (χ0n) is 10.4. The molecule has 0 aliphatic rings. The van der Waals surface area contributed by atoms with Gasteiger partial charge in [0.2, 0.25) is 5.95 Å². The molecule has 1 aromatic carbocycles. The van der Waals surface area contributed by atoms with Crippen LogP contribution in [0.3, 0.4) is 0 Å². The molecule has 0 aliphatic heterocycles. The van der Waals surface area contributed by atoms with Crippen molar-refractivity contribution in [1.29, 1.82) is 0 Å². The molecule has 19 heavy (non-hydrogen) atoms. The molecule has 7 heteroatoms. The molecule has 0 radical (unpaired) electrons. The van der Waals surface area contributed by atoms with E-state index in [1.807, 2.05) is 6.92 Å². The summed E-state index contributed by atoms with van der Waals surface area (Å²) in [6, 6.07) is 6.13. The molecule has 0 saturated heterocycles. The van der Waals surface area contributed by atoms with Gasteiger partial charge in [0.15, 0.2) is 0 Å². The number of aromatic nitrogens is 2. The van der Waals surface area contributed by atoms with E-state index >= 15 is 0 Å². The van der Waals surface area contributed by atoms with E-state index in [1.165, 1.54) is 12.1 Å². The Kier molecular flexibility index (Phi) is 3.62. The lowest BCUT2D eigenvalue weighted by Crippen LogP contribution is -2.13. The zero-order chi connectivity index (χ0) is 14.0. The number of anilines is 2. The van der Waals surface area contributed by atoms with Crippen molar-refractivity contribution in [3.8, 4) is 0 Å². The highest BCUT2D eigenvalue weighted by Crippen LogP contribution is 2.24. The Morgan fingerprint density at radius 2 is 1.95 bits per heavy atom. The van der Waals surface area contributed by atoms with E-state index in [2.05, 4.69) is 9.97 Å². The van der Waals surface area contributed by atoms with E-state index in [-0.39, 0.29) is 5.69 Å². The molecule has 1 heterocycles. The largest absolute Gasteiger partial charge is 0.314 e. The van der Waals surface area contributed by atoms with E-state index < -0.39 is 4.92 Å². The van der Waals surface area contributed by atoms with Crippen molar-refractivity contribution < 1.29 is 4.92 Å². The maximum Gasteiger partial charge on any atom is 0.269 e. The van der Waals surface area contributed by atoms with Gasteiger partial charge in [-0.25, -0.2) is 9.97 Å². The molecule has 98 valence electrons. The minimum Gasteiger partial charge on any atom is -0.314 e. The minimum atomic E-state index is -0.441. The molecule has 0 fully saturated rings. The number of hydrogen-bond donors (Lipinski definition) is 0. The molecule has 2 aromatic rings. The van der Waals surface area contributed by atoms with Crippen LogP contribution in [0.4, 0.5) is 17.3 Å². The third kappa shape index (κ3) is 2.79. The topological polar surface area (TPSA) is 72.2 Å². The fourth-order valence-corrected chi connectivity index (χ4v) is 1.61. The Balaban J connectivity index is 2.30. The minimum absolute atomic E-state index is 0.0417. The Labute approximate surface area is 114 Å². The first kappa shape index (κ1) is 13.2. The van der Waals surface area contributed by atoms with Crippen LogP contribution < -0.4 is 4.90 Å². The van der Waals surface area contributed by atoms with Gasteiger partial charge < -0.3 is 4.90 Å². The number of aryl methyl sites for hydroxylation is 1. The lowest BCUT2D eigenvalue weighted by Gasteiger charge is -2.17. The summed E-state index contributed by atoms with van der Waals surface area (Å²) in [5.41, 5.74) is 1.58. The number of benzene rings is 1. The fourth-order valence-electron chi connectivity index (χ4n) is 1.49. The fraction of sp³-hybridized carbons (Fsp3) is 0.167. The highest BCUT2D eigenvalue weighted by atomic mass is 35.5. The Hall–Kier alpha value is -2.21. The normalized spacial score (nSPS) is 10.3. The first-order chi connectivity index (χ1) is 8.99. The Morgan fingerprint density at radius 1 is 1.32 bits per heavy atom. The van der Waals surface area contributed by atoms with Crippen molar-refractivity contribution in [3.63, 3.8) is 0 Å². The third-order valence-electron chi connectivity index (χ3n) is 2.65. The summed E-state index contributed by atoms with van der Waals surface area (Å²) in [5.74, 6) is 0.435. The van der Waals surface area contributed by atoms with Crippen LogP contribution in [0.15, 0.2) is 30.5 Å². The molecule has 1 aromatic heterocycles. The van der Waals surface area contributed by atoms with Crippen molar-refractivity contribution >= 4 is 28.9 Å². The molecule has 0 amide bonds. The summed E-state index contributed by atoms with van der Waals surface area (Å²) in [6.45, 7) is 1.82. The third-order valence-corrected chi connectivity index (χ3v) is 3.03. The number of non-ortho nitro benzene ring substituents is 1. The second-order valence-corrected chi connectivity index (χ2v) is 4.33. The van der Waals surface area contributed by atoms with E-state index in [4.69, 9.17) is 11.6 Å². The van der Waals surface area contributed by atoms with Crippen LogP contribution in [0.5, 0.6) is 0 Å². The Morgan fingerprint density at radius 3 is 2.47 bits per heavy atom. The van der Waals surface area contributed by atoms with E-state index in [0.29, 0.717) is 11.1 Å². The van der Waals surface area contributed by atoms with Gasteiger partial charge in [0.25, 0.3) is 5.69 Å². The standard InChI is InChI=1S/C12H11ClN4O2/c1-8-7-14-12(15-11(8)13)16(2)9-3-5-10(6-4-9)17(18)19/h3-7H,1-2H3. The van der Waals surface area contributed by atoms with Crippen LogP contribution in [-0.2, 0) is 0 Å². The first-order valence-corrected chi connectivity index (χ1v) is 5.84. The summed E-state index contributed by atoms with van der Waals surface area (Å²) in [5, 5.41) is 11.0. The molecule has 0 bridgehead atoms. The average molecular weight is 279 g/mol. The molecule has 6 nitrogen and oxygen atoms in total. The highest BCUT2D eigenvalue weighted by Gasteiger charge is 2.11. The molecule has 0 unspecified atom stereocenters. The summed E-state index contributed by atoms with van der Waals surface area (Å²) >= 11 is 5.95. The smallest absolute Gasteiger partial charge is 0.269 e. The summed E-state index contributed by atoms with van der Waals surface area (Å²) in [6.07, 6.45) is 1.63. The van der Waals surface area contributed by atoms with Crippen LogP contribution in [0.2, 0.25) is 5.15 Å². The van der Waals surface area contributed by atoms with Crippen LogP contribution in [0.1, 0.15) is 5.56 Å². The molecular formula is C12H11ClN4O2. The second-order valence-electron chi connectivity index (χ2n) is 3.98. The number of nitro groups is 1. The predicted octanol–water partition coefficient (Wildman–Crippen LogP) is 3.11. The molecule has 0 N–H and O–H groups in total. The van der Waals surface area contributed by atoms with Crippen molar-refractivity contribution in [2.45, 2.75) is 6.92 Å². The summed E-state index contributed by atoms with van der Waals surface area (Å²) < 4.78 is 0. The molecular weight excluding hydrogens is 268 g/mol. The predicted molar refractivity (Wildman–Crippen MR) is 72.9 cm³/mol. The lowest BCUT2D eigenvalue weighted by molar-refractivity contribution is -0.384. The van der Waals surface area contributed by atoms with Crippen LogP contribution in [-0.4, -0.2) is 21.9 Å². The van der Waals surface area contributed by atoms with Gasteiger partial charge in [-0.1, -0.05) is 11.6 Å². The van der Waals surface area contributed by atoms with Gasteiger partial charge in [0, 0.05) is 36.6 Å². The van der Waals surface area contributed by atoms with Crippen molar-refractivity contribution in [2.24, 2.45) is 0 Å². The van der Waals surface area contributed by atoms with Gasteiger partial charge >= 0.3 is 0 Å². The number of nitrogens with zero attached hydrogens (tertiary/aromatic N) is 4. The number of nitro benzene ring substituents is 1. The van der Waals surface area contributed by atoms with Crippen molar-refractivity contribution in [3.05, 3.63) is 51.3 Å².